The summed E-state index contributed by atoms with van der Waals surface area (Å²) in [6.45, 7) is 4.82. The van der Waals surface area contributed by atoms with Crippen molar-refractivity contribution in [1.82, 2.24) is 25.0 Å². The van der Waals surface area contributed by atoms with Crippen molar-refractivity contribution >= 4 is 16.8 Å². The highest BCUT2D eigenvalue weighted by Gasteiger charge is 2.21. The molecule has 1 aliphatic heterocycles. The van der Waals surface area contributed by atoms with Crippen molar-refractivity contribution in [1.29, 1.82) is 0 Å². The lowest BCUT2D eigenvalue weighted by molar-refractivity contribution is 0.0949. The highest BCUT2D eigenvalue weighted by molar-refractivity contribution is 5.95. The molecule has 0 saturated carbocycles. The Kier molecular flexibility index (Phi) is 5.76. The van der Waals surface area contributed by atoms with E-state index in [1.807, 2.05) is 54.3 Å². The summed E-state index contributed by atoms with van der Waals surface area (Å²) >= 11 is 0. The molecule has 0 aliphatic carbocycles. The Morgan fingerprint density at radius 1 is 1.24 bits per heavy atom. The maximum absolute atomic E-state index is 13.0. The van der Waals surface area contributed by atoms with Gasteiger partial charge in [0.1, 0.15) is 5.56 Å². The minimum absolute atomic E-state index is 0.156. The lowest BCUT2D eigenvalue weighted by Gasteiger charge is -2.25. The smallest absolute Gasteiger partial charge is 0.263 e. The van der Waals surface area contributed by atoms with E-state index in [9.17, 15) is 9.59 Å². The zero-order valence-corrected chi connectivity index (χ0v) is 16.7. The zero-order valence-electron chi connectivity index (χ0n) is 16.7. The summed E-state index contributed by atoms with van der Waals surface area (Å²) in [5, 5.41) is 11.7. The van der Waals surface area contributed by atoms with E-state index >= 15 is 0 Å². The van der Waals surface area contributed by atoms with Crippen molar-refractivity contribution in [3.8, 4) is 0 Å². The summed E-state index contributed by atoms with van der Waals surface area (Å²) < 4.78 is 3.68. The fourth-order valence-corrected chi connectivity index (χ4v) is 4.01. The van der Waals surface area contributed by atoms with E-state index in [1.54, 1.807) is 4.57 Å². The van der Waals surface area contributed by atoms with Crippen LogP contribution >= 0.6 is 0 Å². The van der Waals surface area contributed by atoms with Gasteiger partial charge in [-0.1, -0.05) is 18.2 Å². The molecule has 4 rings (SSSR count). The second-order valence-electron chi connectivity index (χ2n) is 7.60. The average molecular weight is 393 g/mol. The highest BCUT2D eigenvalue weighted by Crippen LogP contribution is 2.17. The van der Waals surface area contributed by atoms with Gasteiger partial charge in [0, 0.05) is 30.7 Å². The van der Waals surface area contributed by atoms with Crippen LogP contribution < -0.4 is 16.2 Å². The molecule has 3 heterocycles. The highest BCUT2D eigenvalue weighted by atomic mass is 16.2. The first-order valence-corrected chi connectivity index (χ1v) is 10.3. The topological polar surface area (TPSA) is 81.0 Å². The Morgan fingerprint density at radius 2 is 2.03 bits per heavy atom. The van der Waals surface area contributed by atoms with Crippen molar-refractivity contribution < 1.29 is 4.79 Å². The molecule has 0 unspecified atom stereocenters. The third-order valence-electron chi connectivity index (χ3n) is 5.64. The van der Waals surface area contributed by atoms with Gasteiger partial charge in [-0.25, -0.2) is 0 Å². The van der Waals surface area contributed by atoms with Gasteiger partial charge in [0.25, 0.3) is 11.5 Å². The largest absolute Gasteiger partial charge is 0.352 e. The molecule has 1 saturated heterocycles. The normalized spacial score (nSPS) is 14.9. The lowest BCUT2D eigenvalue weighted by atomic mass is 10.0. The molecule has 7 nitrogen and oxygen atoms in total. The van der Waals surface area contributed by atoms with Crippen molar-refractivity contribution in [3.05, 3.63) is 64.2 Å². The van der Waals surface area contributed by atoms with E-state index in [2.05, 4.69) is 15.7 Å². The van der Waals surface area contributed by atoms with Crippen molar-refractivity contribution in [2.24, 2.45) is 0 Å². The van der Waals surface area contributed by atoms with E-state index in [0.717, 1.165) is 48.8 Å². The molecule has 1 fully saturated rings. The lowest BCUT2D eigenvalue weighted by Crippen LogP contribution is -2.38. The summed E-state index contributed by atoms with van der Waals surface area (Å²) in [5.41, 5.74) is 1.88. The monoisotopic (exact) mass is 393 g/mol. The summed E-state index contributed by atoms with van der Waals surface area (Å²) in [4.78, 5) is 25.7. The maximum atomic E-state index is 13.0. The molecule has 7 heteroatoms. The third-order valence-corrected chi connectivity index (χ3v) is 5.64. The molecule has 1 amide bonds. The summed E-state index contributed by atoms with van der Waals surface area (Å²) in [7, 11) is 0. The van der Waals surface area contributed by atoms with Crippen LogP contribution in [-0.2, 0) is 6.54 Å². The first-order valence-electron chi connectivity index (χ1n) is 10.3. The van der Waals surface area contributed by atoms with Crippen LogP contribution in [0.15, 0.2) is 47.5 Å². The second-order valence-corrected chi connectivity index (χ2v) is 7.60. The Hall–Kier alpha value is -2.93. The molecular formula is C22H27N5O2. The Labute approximate surface area is 169 Å². The number of nitrogens with zero attached hydrogens (tertiary/aromatic N) is 3. The molecule has 29 heavy (non-hydrogen) atoms. The molecule has 3 aromatic rings. The van der Waals surface area contributed by atoms with Crippen LogP contribution in [0.4, 0.5) is 0 Å². The number of hydrogen-bond donors (Lipinski definition) is 2. The Bertz CT molecular complexity index is 1060. The van der Waals surface area contributed by atoms with Gasteiger partial charge in [-0.3, -0.25) is 14.3 Å². The van der Waals surface area contributed by atoms with E-state index in [1.165, 1.54) is 0 Å². The van der Waals surface area contributed by atoms with Gasteiger partial charge in [0.05, 0.1) is 11.7 Å². The number of aryl methyl sites for hydroxylation is 2. The van der Waals surface area contributed by atoms with Crippen LogP contribution in [0.25, 0.3) is 10.9 Å². The first kappa shape index (κ1) is 19.4. The van der Waals surface area contributed by atoms with Crippen molar-refractivity contribution in [3.63, 3.8) is 0 Å². The van der Waals surface area contributed by atoms with Gasteiger partial charge in [-0.2, -0.15) is 5.10 Å². The number of pyridine rings is 1. The molecule has 0 bridgehead atoms. The molecule has 2 aromatic heterocycles. The molecule has 0 spiro atoms. The summed E-state index contributed by atoms with van der Waals surface area (Å²) in [5.74, 6) is -0.291. The number of piperidine rings is 1. The van der Waals surface area contributed by atoms with Gasteiger partial charge in [-0.15, -0.1) is 0 Å². The van der Waals surface area contributed by atoms with Gasteiger partial charge >= 0.3 is 0 Å². The molecule has 152 valence electrons. The van der Waals surface area contributed by atoms with Gasteiger partial charge in [0.15, 0.2) is 0 Å². The number of amides is 1. The second kappa shape index (κ2) is 8.61. The van der Waals surface area contributed by atoms with Gasteiger partial charge < -0.3 is 15.2 Å². The summed E-state index contributed by atoms with van der Waals surface area (Å²) in [6, 6.07) is 10.1. The third kappa shape index (κ3) is 4.10. The molecule has 2 N–H and O–H groups in total. The maximum Gasteiger partial charge on any atom is 0.263 e. The Balaban J connectivity index is 1.40. The van der Waals surface area contributed by atoms with Crippen LogP contribution in [0.3, 0.4) is 0 Å². The molecule has 1 aromatic carbocycles. The Morgan fingerprint density at radius 3 is 2.86 bits per heavy atom. The predicted molar refractivity (Wildman–Crippen MR) is 113 cm³/mol. The van der Waals surface area contributed by atoms with Crippen molar-refractivity contribution in [2.45, 2.75) is 38.8 Å². The van der Waals surface area contributed by atoms with Crippen molar-refractivity contribution in [2.75, 3.05) is 19.6 Å². The predicted octanol–water partition coefficient (Wildman–Crippen LogP) is 2.25. The minimum atomic E-state index is -0.291. The van der Waals surface area contributed by atoms with Crippen LogP contribution in [-0.4, -0.2) is 39.9 Å². The van der Waals surface area contributed by atoms with Crippen LogP contribution in [0.1, 0.15) is 41.2 Å². The molecule has 0 radical (unpaired) electrons. The van der Waals surface area contributed by atoms with Gasteiger partial charge in [0.2, 0.25) is 0 Å². The van der Waals surface area contributed by atoms with E-state index in [0.29, 0.717) is 13.1 Å². The average Bonchev–Trinajstić information content (AvgIpc) is 3.15. The number of aromatic nitrogens is 3. The first-order chi connectivity index (χ1) is 14.1. The number of fused-ring (bicyclic) bond motifs is 1. The number of carbonyl (C=O) groups is 1. The summed E-state index contributed by atoms with van der Waals surface area (Å²) in [6.07, 6.45) is 6.23. The number of carbonyl (C=O) groups excluding carboxylic acids is 1. The molecule has 0 atom stereocenters. The molecule has 1 aliphatic rings. The van der Waals surface area contributed by atoms with Gasteiger partial charge in [-0.05, 0) is 57.0 Å². The quantitative estimate of drug-likeness (QED) is 0.630. The zero-order chi connectivity index (χ0) is 20.2. The standard InChI is InChI=1S/C22H27N5O2/c1-16-9-14-26(18-7-11-23-12-8-18)22(29)20(16)21(28)24-10-4-13-27-19-6-3-2-5-17(19)15-25-27/h2-3,5-6,9,14-15,18,23H,4,7-8,10-13H2,1H3,(H,24,28). The fraction of sp³-hybridized carbons (Fsp3) is 0.409. The number of nitrogens with one attached hydrogen (secondary N) is 2. The van der Waals surface area contributed by atoms with Crippen LogP contribution in [0.2, 0.25) is 0 Å². The molecular weight excluding hydrogens is 366 g/mol. The van der Waals surface area contributed by atoms with E-state index in [4.69, 9.17) is 0 Å². The van der Waals surface area contributed by atoms with E-state index in [-0.39, 0.29) is 23.1 Å². The number of rotatable bonds is 6. The van der Waals surface area contributed by atoms with E-state index < -0.39 is 0 Å². The number of para-hydroxylation sites is 1. The van der Waals surface area contributed by atoms with Crippen LogP contribution in [0.5, 0.6) is 0 Å². The number of benzene rings is 1. The number of hydrogen-bond acceptors (Lipinski definition) is 4. The SMILES string of the molecule is Cc1ccn(C2CCNCC2)c(=O)c1C(=O)NCCCn1ncc2ccccc21. The minimum Gasteiger partial charge on any atom is -0.352 e. The van der Waals surface area contributed by atoms with Crippen LogP contribution in [0, 0.1) is 6.92 Å². The fourth-order valence-electron chi connectivity index (χ4n) is 4.01.